The second-order valence-corrected chi connectivity index (χ2v) is 6.77. The molecule has 0 bridgehead atoms. The largest absolute Gasteiger partial charge is 0.508 e. The first kappa shape index (κ1) is 16.9. The molecule has 0 fully saturated rings. The molecule has 0 aromatic heterocycles. The van der Waals surface area contributed by atoms with Crippen molar-refractivity contribution in [3.8, 4) is 11.5 Å². The van der Waals surface area contributed by atoms with Crippen LogP contribution in [-0.2, 0) is 10.1 Å². The highest BCUT2D eigenvalue weighted by molar-refractivity contribution is 7.86. The Morgan fingerprint density at radius 3 is 2.24 bits per heavy atom. The monoisotopic (exact) mass is 358 g/mol. The van der Waals surface area contributed by atoms with Gasteiger partial charge in [-0.2, -0.15) is 8.42 Å². The molecule has 0 aliphatic heterocycles. The van der Waals surface area contributed by atoms with Gasteiger partial charge in [-0.05, 0) is 19.1 Å². The smallest absolute Gasteiger partial charge is 0.295 e. The molecule has 7 nitrogen and oxygen atoms in total. The van der Waals surface area contributed by atoms with Gasteiger partial charge in [0, 0.05) is 22.4 Å². The SMILES string of the molecule is Cc1c(O)cccc1N=Nc1c(O)cc(S(=O)(=O)O)c2ccccc12. The number of rotatable bonds is 3. The molecule has 0 atom stereocenters. The molecule has 0 radical (unpaired) electrons. The Morgan fingerprint density at radius 1 is 0.880 bits per heavy atom. The number of nitrogens with zero attached hydrogens (tertiary/aromatic N) is 2. The van der Waals surface area contributed by atoms with Gasteiger partial charge < -0.3 is 10.2 Å². The van der Waals surface area contributed by atoms with Crippen LogP contribution in [0.3, 0.4) is 0 Å². The van der Waals surface area contributed by atoms with Gasteiger partial charge in [-0.3, -0.25) is 4.55 Å². The zero-order valence-corrected chi connectivity index (χ0v) is 13.9. The van der Waals surface area contributed by atoms with Crippen LogP contribution >= 0.6 is 0 Å². The summed E-state index contributed by atoms with van der Waals surface area (Å²) in [5, 5.41) is 28.5. The molecule has 128 valence electrons. The highest BCUT2D eigenvalue weighted by Crippen LogP contribution is 2.40. The van der Waals surface area contributed by atoms with Crippen molar-refractivity contribution in [1.82, 2.24) is 0 Å². The van der Waals surface area contributed by atoms with Crippen LogP contribution in [0.15, 0.2) is 63.7 Å². The van der Waals surface area contributed by atoms with E-state index in [-0.39, 0.29) is 16.8 Å². The molecule has 0 aliphatic rings. The minimum absolute atomic E-state index is 0.0609. The molecule has 3 N–H and O–H groups in total. The lowest BCUT2D eigenvalue weighted by Gasteiger charge is -2.08. The van der Waals surface area contributed by atoms with E-state index in [0.717, 1.165) is 6.07 Å². The first-order chi connectivity index (χ1) is 11.8. The maximum Gasteiger partial charge on any atom is 0.295 e. The predicted octanol–water partition coefficient (Wildman–Crippen LogP) is 4.22. The zero-order chi connectivity index (χ0) is 18.2. The number of benzene rings is 3. The highest BCUT2D eigenvalue weighted by Gasteiger charge is 2.19. The Bertz CT molecular complexity index is 1110. The van der Waals surface area contributed by atoms with Gasteiger partial charge in [-0.25, -0.2) is 0 Å². The number of phenols is 2. The third-order valence-corrected chi connectivity index (χ3v) is 4.66. The molecule has 0 unspecified atom stereocenters. The van der Waals surface area contributed by atoms with Crippen LogP contribution in [0.4, 0.5) is 11.4 Å². The molecule has 0 saturated heterocycles. The second kappa shape index (κ2) is 6.15. The summed E-state index contributed by atoms with van der Waals surface area (Å²) in [4.78, 5) is -0.409. The number of phenolic OH excluding ortho intramolecular Hbond substituents is 2. The fourth-order valence-electron chi connectivity index (χ4n) is 2.46. The molecule has 0 aliphatic carbocycles. The van der Waals surface area contributed by atoms with Crippen LogP contribution in [0, 0.1) is 6.92 Å². The summed E-state index contributed by atoms with van der Waals surface area (Å²) in [6.07, 6.45) is 0. The van der Waals surface area contributed by atoms with Crippen molar-refractivity contribution in [1.29, 1.82) is 0 Å². The van der Waals surface area contributed by atoms with E-state index in [1.165, 1.54) is 12.1 Å². The fraction of sp³-hybridized carbons (Fsp3) is 0.0588. The van der Waals surface area contributed by atoms with Crippen molar-refractivity contribution >= 4 is 32.3 Å². The summed E-state index contributed by atoms with van der Waals surface area (Å²) in [7, 11) is -4.51. The van der Waals surface area contributed by atoms with Gasteiger partial charge >= 0.3 is 0 Å². The average Bonchev–Trinajstić information content (AvgIpc) is 2.56. The molecule has 3 rings (SSSR count). The highest BCUT2D eigenvalue weighted by atomic mass is 32.2. The maximum atomic E-state index is 11.5. The Balaban J connectivity index is 2.23. The summed E-state index contributed by atoms with van der Waals surface area (Å²) in [5.74, 6) is -0.375. The summed E-state index contributed by atoms with van der Waals surface area (Å²) >= 11 is 0. The molecular weight excluding hydrogens is 344 g/mol. The van der Waals surface area contributed by atoms with Crippen molar-refractivity contribution in [3.63, 3.8) is 0 Å². The first-order valence-corrected chi connectivity index (χ1v) is 8.65. The number of hydrogen-bond acceptors (Lipinski definition) is 6. The van der Waals surface area contributed by atoms with Crippen molar-refractivity contribution in [3.05, 3.63) is 54.1 Å². The van der Waals surface area contributed by atoms with Gasteiger partial charge in [0.2, 0.25) is 0 Å². The molecule has 3 aromatic rings. The van der Waals surface area contributed by atoms with Crippen LogP contribution in [-0.4, -0.2) is 23.2 Å². The Hall–Kier alpha value is -2.97. The van der Waals surface area contributed by atoms with Crippen molar-refractivity contribution in [2.24, 2.45) is 10.2 Å². The van der Waals surface area contributed by atoms with Gasteiger partial charge in [0.15, 0.2) is 0 Å². The Morgan fingerprint density at radius 2 is 1.56 bits per heavy atom. The topological polar surface area (TPSA) is 120 Å². The van der Waals surface area contributed by atoms with Crippen LogP contribution in [0.5, 0.6) is 11.5 Å². The molecular formula is C17H14N2O5S. The van der Waals surface area contributed by atoms with Gasteiger partial charge in [-0.15, -0.1) is 10.2 Å². The lowest BCUT2D eigenvalue weighted by molar-refractivity contribution is 0.468. The summed E-state index contributed by atoms with van der Waals surface area (Å²) in [5.41, 5.74) is 0.984. The van der Waals surface area contributed by atoms with Crippen LogP contribution < -0.4 is 0 Å². The minimum atomic E-state index is -4.51. The second-order valence-electron chi connectivity index (χ2n) is 5.38. The van der Waals surface area contributed by atoms with Gasteiger partial charge in [0.25, 0.3) is 10.1 Å². The van der Waals surface area contributed by atoms with E-state index in [0.29, 0.717) is 16.6 Å². The van der Waals surface area contributed by atoms with E-state index in [9.17, 15) is 23.2 Å². The average molecular weight is 358 g/mol. The first-order valence-electron chi connectivity index (χ1n) is 7.21. The molecule has 0 heterocycles. The van der Waals surface area contributed by atoms with Gasteiger partial charge in [0.05, 0.1) is 5.69 Å². The lowest BCUT2D eigenvalue weighted by Crippen LogP contribution is -1.99. The Kier molecular flexibility index (Phi) is 4.15. The van der Waals surface area contributed by atoms with Crippen LogP contribution in [0.2, 0.25) is 0 Å². The van der Waals surface area contributed by atoms with E-state index in [1.54, 1.807) is 37.3 Å². The molecule has 25 heavy (non-hydrogen) atoms. The number of aromatic hydroxyl groups is 2. The molecule has 3 aromatic carbocycles. The van der Waals surface area contributed by atoms with E-state index in [2.05, 4.69) is 10.2 Å². The predicted molar refractivity (Wildman–Crippen MR) is 92.4 cm³/mol. The third kappa shape index (κ3) is 3.17. The van der Waals surface area contributed by atoms with Crippen LogP contribution in [0.25, 0.3) is 10.8 Å². The van der Waals surface area contributed by atoms with Crippen molar-refractivity contribution in [2.45, 2.75) is 11.8 Å². The molecule has 0 saturated carbocycles. The molecule has 0 spiro atoms. The molecule has 0 amide bonds. The van der Waals surface area contributed by atoms with E-state index in [4.69, 9.17) is 0 Å². The minimum Gasteiger partial charge on any atom is -0.508 e. The summed E-state index contributed by atoms with van der Waals surface area (Å²) in [6, 6.07) is 12.0. The summed E-state index contributed by atoms with van der Waals surface area (Å²) in [6.45, 7) is 1.67. The quantitative estimate of drug-likeness (QED) is 0.478. The van der Waals surface area contributed by atoms with E-state index >= 15 is 0 Å². The third-order valence-electron chi connectivity index (χ3n) is 3.77. The van der Waals surface area contributed by atoms with E-state index < -0.39 is 20.8 Å². The Labute approximate surface area is 143 Å². The number of fused-ring (bicyclic) bond motifs is 1. The van der Waals surface area contributed by atoms with E-state index in [1.807, 2.05) is 0 Å². The van der Waals surface area contributed by atoms with Crippen molar-refractivity contribution in [2.75, 3.05) is 0 Å². The van der Waals surface area contributed by atoms with Crippen LogP contribution in [0.1, 0.15) is 5.56 Å². The zero-order valence-electron chi connectivity index (χ0n) is 13.1. The van der Waals surface area contributed by atoms with Gasteiger partial charge in [0.1, 0.15) is 22.1 Å². The number of azo groups is 1. The normalized spacial score (nSPS) is 12.1. The lowest BCUT2D eigenvalue weighted by atomic mass is 10.1. The number of hydrogen-bond donors (Lipinski definition) is 3. The fourth-order valence-corrected chi connectivity index (χ4v) is 3.17. The summed E-state index contributed by atoms with van der Waals surface area (Å²) < 4.78 is 32.4. The van der Waals surface area contributed by atoms with Gasteiger partial charge in [-0.1, -0.05) is 30.3 Å². The standard InChI is InChI=1S/C17H14N2O5S/c1-10-13(7-4-8-14(10)20)18-19-17-12-6-3-2-5-11(12)16(9-15(17)21)25(22,23)24/h2-9,20-21H,1H3,(H,22,23,24). The maximum absolute atomic E-state index is 11.5. The van der Waals surface area contributed by atoms with Crippen molar-refractivity contribution < 1.29 is 23.2 Å². The molecule has 8 heteroatoms.